The number of anilines is 1. The van der Waals surface area contributed by atoms with Crippen LogP contribution in [0, 0.1) is 0 Å². The maximum absolute atomic E-state index is 12.0. The van der Waals surface area contributed by atoms with Gasteiger partial charge in [-0.2, -0.15) is 0 Å². The van der Waals surface area contributed by atoms with E-state index in [9.17, 15) is 9.59 Å². The highest BCUT2D eigenvalue weighted by Gasteiger charge is 2.11. The minimum absolute atomic E-state index is 0.0694. The molecule has 0 atom stereocenters. The van der Waals surface area contributed by atoms with Crippen LogP contribution in [0.1, 0.15) is 24.2 Å². The van der Waals surface area contributed by atoms with Gasteiger partial charge < -0.3 is 9.88 Å². The molecule has 0 unspecified atom stereocenters. The second-order valence-corrected chi connectivity index (χ2v) is 5.38. The van der Waals surface area contributed by atoms with Crippen LogP contribution in [0.5, 0.6) is 0 Å². The molecular weight excluding hydrogens is 286 g/mol. The van der Waals surface area contributed by atoms with Crippen molar-refractivity contribution >= 4 is 29.1 Å². The van der Waals surface area contributed by atoms with E-state index in [1.807, 2.05) is 17.7 Å². The summed E-state index contributed by atoms with van der Waals surface area (Å²) in [5.41, 5.74) is 1.07. The lowest BCUT2D eigenvalue weighted by atomic mass is 10.1. The highest BCUT2D eigenvalue weighted by molar-refractivity contribution is 7.99. The molecule has 6 heteroatoms. The van der Waals surface area contributed by atoms with Gasteiger partial charge in [-0.25, -0.2) is 4.98 Å². The fraction of sp³-hybridized carbons (Fsp3) is 0.267. The molecule has 1 N–H and O–H groups in total. The summed E-state index contributed by atoms with van der Waals surface area (Å²) in [6.07, 6.45) is 3.60. The zero-order valence-electron chi connectivity index (χ0n) is 12.0. The molecule has 0 radical (unpaired) electrons. The van der Waals surface area contributed by atoms with E-state index in [0.29, 0.717) is 11.3 Å². The fourth-order valence-electron chi connectivity index (χ4n) is 1.89. The van der Waals surface area contributed by atoms with Crippen LogP contribution < -0.4 is 5.32 Å². The molecule has 1 amide bonds. The van der Waals surface area contributed by atoms with Gasteiger partial charge in [0.15, 0.2) is 10.9 Å². The zero-order chi connectivity index (χ0) is 15.2. The Morgan fingerprint density at radius 3 is 2.81 bits per heavy atom. The molecule has 5 nitrogen and oxygen atoms in total. The number of nitrogens with zero attached hydrogens (tertiary/aromatic N) is 2. The third-order valence-electron chi connectivity index (χ3n) is 2.93. The molecule has 2 rings (SSSR count). The van der Waals surface area contributed by atoms with Crippen LogP contribution in [-0.4, -0.2) is 27.0 Å². The summed E-state index contributed by atoms with van der Waals surface area (Å²) >= 11 is 1.37. The van der Waals surface area contributed by atoms with Crippen LogP contribution in [0.3, 0.4) is 0 Å². The van der Waals surface area contributed by atoms with Gasteiger partial charge in [0.25, 0.3) is 0 Å². The average molecular weight is 303 g/mol. The number of benzene rings is 1. The predicted octanol–water partition coefficient (Wildman–Crippen LogP) is 2.84. The summed E-state index contributed by atoms with van der Waals surface area (Å²) in [7, 11) is 0. The van der Waals surface area contributed by atoms with E-state index in [4.69, 9.17) is 0 Å². The summed E-state index contributed by atoms with van der Waals surface area (Å²) in [6.45, 7) is 4.32. The van der Waals surface area contributed by atoms with Crippen LogP contribution >= 0.6 is 11.8 Å². The third-order valence-corrected chi connectivity index (χ3v) is 3.94. The number of rotatable bonds is 6. The van der Waals surface area contributed by atoms with E-state index in [-0.39, 0.29) is 17.4 Å². The molecule has 0 spiro atoms. The van der Waals surface area contributed by atoms with Crippen molar-refractivity contribution in [3.8, 4) is 0 Å². The van der Waals surface area contributed by atoms with Gasteiger partial charge in [0, 0.05) is 24.5 Å². The van der Waals surface area contributed by atoms with Crippen molar-refractivity contribution in [2.24, 2.45) is 0 Å². The number of aryl methyl sites for hydroxylation is 1. The number of hydrogen-bond donors (Lipinski definition) is 1. The number of amides is 1. The van der Waals surface area contributed by atoms with E-state index >= 15 is 0 Å². The van der Waals surface area contributed by atoms with E-state index in [2.05, 4.69) is 10.3 Å². The minimum atomic E-state index is -0.153. The lowest BCUT2D eigenvalue weighted by molar-refractivity contribution is -0.113. The van der Waals surface area contributed by atoms with Crippen LogP contribution in [-0.2, 0) is 11.3 Å². The number of hydrogen-bond acceptors (Lipinski definition) is 4. The van der Waals surface area contributed by atoms with Crippen molar-refractivity contribution in [3.05, 3.63) is 42.2 Å². The Morgan fingerprint density at radius 1 is 1.33 bits per heavy atom. The first-order valence-corrected chi connectivity index (χ1v) is 7.64. The topological polar surface area (TPSA) is 64.0 Å². The molecule has 0 saturated heterocycles. The summed E-state index contributed by atoms with van der Waals surface area (Å²) in [6, 6.07) is 7.00. The Kier molecular flexibility index (Phi) is 5.16. The van der Waals surface area contributed by atoms with Gasteiger partial charge in [-0.1, -0.05) is 23.9 Å². The first-order chi connectivity index (χ1) is 10.1. The first-order valence-electron chi connectivity index (χ1n) is 6.65. The first kappa shape index (κ1) is 15.3. The van der Waals surface area contributed by atoms with Crippen molar-refractivity contribution < 1.29 is 9.59 Å². The predicted molar refractivity (Wildman–Crippen MR) is 83.7 cm³/mol. The van der Waals surface area contributed by atoms with Gasteiger partial charge in [-0.3, -0.25) is 9.59 Å². The highest BCUT2D eigenvalue weighted by Crippen LogP contribution is 2.18. The molecule has 0 aliphatic carbocycles. The highest BCUT2D eigenvalue weighted by atomic mass is 32.2. The van der Waals surface area contributed by atoms with E-state index in [0.717, 1.165) is 11.7 Å². The Labute approximate surface area is 127 Å². The van der Waals surface area contributed by atoms with Crippen LogP contribution in [0.2, 0.25) is 0 Å². The van der Waals surface area contributed by atoms with E-state index < -0.39 is 0 Å². The van der Waals surface area contributed by atoms with Gasteiger partial charge >= 0.3 is 0 Å². The Hall–Kier alpha value is -2.08. The summed E-state index contributed by atoms with van der Waals surface area (Å²) in [5.74, 6) is 0.0305. The number of aromatic nitrogens is 2. The third kappa shape index (κ3) is 3.95. The molecule has 0 fully saturated rings. The lowest BCUT2D eigenvalue weighted by Gasteiger charge is -2.09. The number of nitrogens with one attached hydrogen (secondary N) is 1. The maximum Gasteiger partial charge on any atom is 0.234 e. The monoisotopic (exact) mass is 303 g/mol. The number of ketones is 1. The Balaban J connectivity index is 1.98. The van der Waals surface area contributed by atoms with Crippen molar-refractivity contribution in [3.63, 3.8) is 0 Å². The largest absolute Gasteiger partial charge is 0.326 e. The maximum atomic E-state index is 12.0. The molecule has 1 aromatic carbocycles. The van der Waals surface area contributed by atoms with Gasteiger partial charge in [0.2, 0.25) is 5.91 Å². The summed E-state index contributed by atoms with van der Waals surface area (Å²) < 4.78 is 1.97. The lowest BCUT2D eigenvalue weighted by Crippen LogP contribution is -2.16. The number of para-hydroxylation sites is 1. The number of thioether (sulfide) groups is 1. The Bertz CT molecular complexity index is 652. The van der Waals surface area contributed by atoms with Crippen molar-refractivity contribution in [2.45, 2.75) is 25.5 Å². The molecule has 110 valence electrons. The van der Waals surface area contributed by atoms with Crippen molar-refractivity contribution in [1.29, 1.82) is 0 Å². The molecule has 2 aromatic rings. The van der Waals surface area contributed by atoms with E-state index in [1.165, 1.54) is 18.7 Å². The smallest absolute Gasteiger partial charge is 0.234 e. The number of imidazole rings is 1. The van der Waals surface area contributed by atoms with Crippen LogP contribution in [0.25, 0.3) is 0 Å². The van der Waals surface area contributed by atoms with Gasteiger partial charge in [-0.15, -0.1) is 0 Å². The average Bonchev–Trinajstić information content (AvgIpc) is 2.93. The minimum Gasteiger partial charge on any atom is -0.326 e. The number of carbonyl (C=O) groups excluding carboxylic acids is 2. The molecule has 0 aliphatic rings. The van der Waals surface area contributed by atoms with E-state index in [1.54, 1.807) is 30.5 Å². The second kappa shape index (κ2) is 7.08. The normalized spacial score (nSPS) is 10.4. The SMILES string of the molecule is CCn1ccnc1SCC(=O)Nc1ccccc1C(C)=O. The van der Waals surface area contributed by atoms with Gasteiger partial charge in [0.1, 0.15) is 0 Å². The molecule has 0 saturated carbocycles. The molecule has 0 bridgehead atoms. The molecule has 1 aromatic heterocycles. The Morgan fingerprint density at radius 2 is 2.10 bits per heavy atom. The molecular formula is C15H17N3O2S. The van der Waals surface area contributed by atoms with Crippen LogP contribution in [0.15, 0.2) is 41.8 Å². The van der Waals surface area contributed by atoms with Crippen LogP contribution in [0.4, 0.5) is 5.69 Å². The van der Waals surface area contributed by atoms with Gasteiger partial charge in [0.05, 0.1) is 11.4 Å². The quantitative estimate of drug-likeness (QED) is 0.658. The molecule has 1 heterocycles. The molecule has 0 aliphatic heterocycles. The number of carbonyl (C=O) groups is 2. The fourth-order valence-corrected chi connectivity index (χ4v) is 2.72. The van der Waals surface area contributed by atoms with Crippen molar-refractivity contribution in [2.75, 3.05) is 11.1 Å². The molecule has 21 heavy (non-hydrogen) atoms. The standard InChI is InChI=1S/C15H17N3O2S/c1-3-18-9-8-16-15(18)21-10-14(20)17-13-7-5-4-6-12(13)11(2)19/h4-9H,3,10H2,1-2H3,(H,17,20). The summed E-state index contributed by atoms with van der Waals surface area (Å²) in [5, 5.41) is 3.59. The summed E-state index contributed by atoms with van der Waals surface area (Å²) in [4.78, 5) is 27.7. The van der Waals surface area contributed by atoms with Crippen molar-refractivity contribution in [1.82, 2.24) is 9.55 Å². The second-order valence-electron chi connectivity index (χ2n) is 4.43. The zero-order valence-corrected chi connectivity index (χ0v) is 12.8. The number of Topliss-reactive ketones (excluding diaryl/α,β-unsaturated/α-hetero) is 1. The van der Waals surface area contributed by atoms with Gasteiger partial charge in [-0.05, 0) is 26.0 Å².